The molecule has 1 radical (unpaired) electrons. The molecule has 0 saturated carbocycles. The third kappa shape index (κ3) is 14.4. The first-order valence-electron chi connectivity index (χ1n) is 13.7. The van der Waals surface area contributed by atoms with E-state index in [0.29, 0.717) is 19.3 Å². The Kier molecular flexibility index (Phi) is 14.7. The highest BCUT2D eigenvalue weighted by atomic mass is 29.2. The summed E-state index contributed by atoms with van der Waals surface area (Å²) in [5.74, 6) is 0. The molecule has 0 N–H and O–H groups in total. The standard InChI is InChI=1S/C22H57O9Si7/c1-23-38(24-2,25-3)19-18-36(13,28-32(4)34(8,9)10)30-35(11,12)31-37(14,29-33(5,6)7)17-15-16-26-20-22-21-27-22/h22H,15-21H2,1-14H3. The molecule has 0 spiro atoms. The zero-order valence-electron chi connectivity index (χ0n) is 26.7. The molecule has 0 amide bonds. The highest BCUT2D eigenvalue weighted by Gasteiger charge is 2.50. The average molecular weight is 662 g/mol. The van der Waals surface area contributed by atoms with E-state index in [0.717, 1.165) is 25.1 Å². The number of hydrogen-bond acceptors (Lipinski definition) is 9. The lowest BCUT2D eigenvalue weighted by Gasteiger charge is -2.44. The molecule has 1 saturated heterocycles. The van der Waals surface area contributed by atoms with Crippen LogP contribution in [0.15, 0.2) is 0 Å². The average Bonchev–Trinajstić information content (AvgIpc) is 3.56. The molecular weight excluding hydrogens is 605 g/mol. The van der Waals surface area contributed by atoms with Crippen LogP contribution in [0.1, 0.15) is 6.42 Å². The maximum atomic E-state index is 7.06. The molecular formula is C22H57O9Si7. The van der Waals surface area contributed by atoms with Gasteiger partial charge in [0.15, 0.2) is 16.9 Å². The lowest BCUT2D eigenvalue weighted by atomic mass is 10.5. The van der Waals surface area contributed by atoms with Crippen molar-refractivity contribution >= 4 is 59.0 Å². The van der Waals surface area contributed by atoms with Crippen LogP contribution in [0.25, 0.3) is 0 Å². The molecule has 0 aromatic carbocycles. The molecule has 227 valence electrons. The molecule has 0 bridgehead atoms. The van der Waals surface area contributed by atoms with Crippen LogP contribution in [0.3, 0.4) is 0 Å². The molecule has 1 aliphatic heterocycles. The number of rotatable bonds is 21. The first-order chi connectivity index (χ1) is 17.2. The van der Waals surface area contributed by atoms with Gasteiger partial charge in [0.25, 0.3) is 0 Å². The van der Waals surface area contributed by atoms with Gasteiger partial charge >= 0.3 is 34.5 Å². The maximum Gasteiger partial charge on any atom is 0.500 e. The summed E-state index contributed by atoms with van der Waals surface area (Å²) in [6.07, 6.45) is 1.18. The Balaban J connectivity index is 3.07. The van der Waals surface area contributed by atoms with E-state index < -0.39 is 59.0 Å². The van der Waals surface area contributed by atoms with Crippen molar-refractivity contribution in [2.24, 2.45) is 0 Å². The monoisotopic (exact) mass is 661 g/mol. The minimum atomic E-state index is -2.77. The van der Waals surface area contributed by atoms with Gasteiger partial charge in [-0.15, -0.1) is 0 Å². The van der Waals surface area contributed by atoms with Crippen molar-refractivity contribution in [3.05, 3.63) is 0 Å². The lowest BCUT2D eigenvalue weighted by Crippen LogP contribution is -2.61. The van der Waals surface area contributed by atoms with E-state index in [1.165, 1.54) is 0 Å². The van der Waals surface area contributed by atoms with Gasteiger partial charge in [-0.3, -0.25) is 0 Å². The fourth-order valence-corrected chi connectivity index (χ4v) is 34.5. The van der Waals surface area contributed by atoms with E-state index in [9.17, 15) is 0 Å². The van der Waals surface area contributed by atoms with Crippen molar-refractivity contribution in [2.75, 3.05) is 41.2 Å². The smallest absolute Gasteiger partial charge is 0.439 e. The van der Waals surface area contributed by atoms with Crippen molar-refractivity contribution in [3.63, 3.8) is 0 Å². The van der Waals surface area contributed by atoms with Gasteiger partial charge in [-0.1, -0.05) is 19.6 Å². The predicted octanol–water partition coefficient (Wildman–Crippen LogP) is 5.46. The van der Waals surface area contributed by atoms with Gasteiger partial charge in [0, 0.05) is 34.0 Å². The summed E-state index contributed by atoms with van der Waals surface area (Å²) in [7, 11) is -9.97. The summed E-state index contributed by atoms with van der Waals surface area (Å²) in [6, 6.07) is 2.24. The maximum absolute atomic E-state index is 7.06. The van der Waals surface area contributed by atoms with Gasteiger partial charge in [-0.2, -0.15) is 0 Å². The summed E-state index contributed by atoms with van der Waals surface area (Å²) in [5, 5.41) is 0. The summed E-state index contributed by atoms with van der Waals surface area (Å²) >= 11 is 0. The number of hydrogen-bond donors (Lipinski definition) is 0. The van der Waals surface area contributed by atoms with Crippen LogP contribution in [0, 0.1) is 0 Å². The van der Waals surface area contributed by atoms with E-state index in [1.807, 2.05) is 0 Å². The van der Waals surface area contributed by atoms with Crippen molar-refractivity contribution in [1.29, 1.82) is 0 Å². The van der Waals surface area contributed by atoms with E-state index in [4.69, 9.17) is 39.2 Å². The van der Waals surface area contributed by atoms with Crippen LogP contribution in [-0.2, 0) is 39.2 Å². The third-order valence-corrected chi connectivity index (χ3v) is 35.8. The zero-order chi connectivity index (χ0) is 29.5. The van der Waals surface area contributed by atoms with Gasteiger partial charge in [-0.25, -0.2) is 0 Å². The second kappa shape index (κ2) is 15.1. The Morgan fingerprint density at radius 3 is 1.71 bits per heavy atom. The predicted molar refractivity (Wildman–Crippen MR) is 170 cm³/mol. The first kappa shape index (κ1) is 37.2. The minimum Gasteiger partial charge on any atom is -0.439 e. The Morgan fingerprint density at radius 2 is 1.26 bits per heavy atom. The molecule has 9 nitrogen and oxygen atoms in total. The Bertz CT molecular complexity index is 691. The summed E-state index contributed by atoms with van der Waals surface area (Å²) < 4.78 is 56.0. The summed E-state index contributed by atoms with van der Waals surface area (Å²) in [6.45, 7) is 26.9. The molecule has 3 atom stereocenters. The van der Waals surface area contributed by atoms with Crippen LogP contribution in [-0.4, -0.2) is 106 Å². The summed E-state index contributed by atoms with van der Waals surface area (Å²) in [5.41, 5.74) is 0. The SMILES string of the molecule is CO[Si](CC[Si](C)(O[Si](C)[Si](C)(C)C)O[Si](C)(C)O[Si](C)(CCCOCC1CO1)O[Si](C)(C)C)(OC)OC. The van der Waals surface area contributed by atoms with Crippen molar-refractivity contribution in [1.82, 2.24) is 0 Å². The van der Waals surface area contributed by atoms with Gasteiger partial charge in [0.2, 0.25) is 0 Å². The molecule has 1 rings (SSSR count). The second-order valence-electron chi connectivity index (χ2n) is 12.9. The van der Waals surface area contributed by atoms with Gasteiger partial charge in [-0.05, 0) is 70.9 Å². The Labute approximate surface area is 241 Å². The molecule has 0 aromatic rings. The normalized spacial score (nSPS) is 20.4. The van der Waals surface area contributed by atoms with E-state index >= 15 is 0 Å². The first-order valence-corrected chi connectivity index (χ1v) is 33.3. The van der Waals surface area contributed by atoms with E-state index in [1.54, 1.807) is 21.3 Å². The molecule has 16 heteroatoms. The third-order valence-electron chi connectivity index (χ3n) is 6.31. The van der Waals surface area contributed by atoms with E-state index in [2.05, 4.69) is 72.0 Å². The molecule has 38 heavy (non-hydrogen) atoms. The number of ether oxygens (including phenoxy) is 2. The molecule has 0 aliphatic carbocycles. The van der Waals surface area contributed by atoms with Crippen molar-refractivity contribution in [3.8, 4) is 0 Å². The van der Waals surface area contributed by atoms with Crippen molar-refractivity contribution in [2.45, 2.75) is 103 Å². The molecule has 3 unspecified atom stereocenters. The molecule has 1 heterocycles. The Morgan fingerprint density at radius 1 is 0.737 bits per heavy atom. The molecule has 1 fully saturated rings. The fourth-order valence-electron chi connectivity index (χ4n) is 4.24. The quantitative estimate of drug-likeness (QED) is 0.0905. The fraction of sp³-hybridized carbons (Fsp3) is 1.00. The second-order valence-corrected chi connectivity index (χ2v) is 44.1. The van der Waals surface area contributed by atoms with Gasteiger partial charge < -0.3 is 39.2 Å². The molecule has 1 aliphatic rings. The zero-order valence-corrected chi connectivity index (χ0v) is 33.7. The highest BCUT2D eigenvalue weighted by molar-refractivity contribution is 7.30. The van der Waals surface area contributed by atoms with Crippen LogP contribution in [0.2, 0.25) is 90.1 Å². The Hall–Kier alpha value is 1.16. The lowest BCUT2D eigenvalue weighted by molar-refractivity contribution is 0.115. The highest BCUT2D eigenvalue weighted by Crippen LogP contribution is 2.32. The van der Waals surface area contributed by atoms with E-state index in [-0.39, 0.29) is 6.10 Å². The number of epoxide rings is 1. The van der Waals surface area contributed by atoms with Gasteiger partial charge in [0.05, 0.1) is 20.8 Å². The summed E-state index contributed by atoms with van der Waals surface area (Å²) in [4.78, 5) is 0. The van der Waals surface area contributed by atoms with Crippen LogP contribution in [0.5, 0.6) is 0 Å². The van der Waals surface area contributed by atoms with Crippen molar-refractivity contribution < 1.29 is 39.2 Å². The van der Waals surface area contributed by atoms with Crippen LogP contribution in [0.4, 0.5) is 0 Å². The minimum absolute atomic E-state index is 0.285. The van der Waals surface area contributed by atoms with Crippen LogP contribution >= 0.6 is 0 Å². The van der Waals surface area contributed by atoms with Gasteiger partial charge in [0.1, 0.15) is 6.10 Å². The largest absolute Gasteiger partial charge is 0.500 e. The topological polar surface area (TPSA) is 86.4 Å². The molecule has 0 aromatic heterocycles. The van der Waals surface area contributed by atoms with Crippen LogP contribution < -0.4 is 0 Å².